The zero-order valence-corrected chi connectivity index (χ0v) is 13.9. The second-order valence-electron chi connectivity index (χ2n) is 6.55. The van der Waals surface area contributed by atoms with E-state index in [0.717, 1.165) is 31.4 Å². The molecule has 0 spiro atoms. The molecule has 0 bridgehead atoms. The number of aliphatic carboxylic acids is 1. The highest BCUT2D eigenvalue weighted by Crippen LogP contribution is 2.27. The maximum absolute atomic E-state index is 11.7. The lowest BCUT2D eigenvalue weighted by Gasteiger charge is -2.31. The van der Waals surface area contributed by atoms with Crippen molar-refractivity contribution in [1.82, 2.24) is 5.32 Å². The van der Waals surface area contributed by atoms with Crippen LogP contribution in [0.4, 0.5) is 5.69 Å². The Balaban J connectivity index is 2.12. The first-order valence-corrected chi connectivity index (χ1v) is 8.34. The number of rotatable bonds is 7. The van der Waals surface area contributed by atoms with Gasteiger partial charge in [-0.05, 0) is 50.3 Å². The number of carbonyl (C=O) groups is 1. The lowest BCUT2D eigenvalue weighted by molar-refractivity contribution is -0.144. The standard InChI is InChI=1S/C18H28N2O2/c1-4-5-10-18(3,17(21)22)20-13(2)15-9-8-14-7-6-11-19-16(14)12-15/h8-9,12-13,19-20H,4-7,10-11H2,1-3H3,(H,21,22)/t13-,18?/m1/s1. The van der Waals surface area contributed by atoms with E-state index in [4.69, 9.17) is 0 Å². The summed E-state index contributed by atoms with van der Waals surface area (Å²) in [4.78, 5) is 11.7. The van der Waals surface area contributed by atoms with E-state index in [1.807, 2.05) is 6.92 Å². The summed E-state index contributed by atoms with van der Waals surface area (Å²) in [5.41, 5.74) is 2.81. The second-order valence-corrected chi connectivity index (χ2v) is 6.55. The number of aryl methyl sites for hydroxylation is 1. The first kappa shape index (κ1) is 16.8. The van der Waals surface area contributed by atoms with E-state index < -0.39 is 11.5 Å². The number of hydrogen-bond acceptors (Lipinski definition) is 3. The Labute approximate surface area is 133 Å². The quantitative estimate of drug-likeness (QED) is 0.718. The monoisotopic (exact) mass is 304 g/mol. The smallest absolute Gasteiger partial charge is 0.323 e. The SMILES string of the molecule is CCCCC(C)(N[C@H](C)c1ccc2c(c1)NCCC2)C(=O)O. The van der Waals surface area contributed by atoms with E-state index in [2.05, 4.69) is 35.8 Å². The van der Waals surface area contributed by atoms with Crippen LogP contribution in [0.3, 0.4) is 0 Å². The van der Waals surface area contributed by atoms with Crippen molar-refractivity contribution in [3.05, 3.63) is 29.3 Å². The normalized spacial score (nSPS) is 18.0. The minimum absolute atomic E-state index is 0.00647. The van der Waals surface area contributed by atoms with E-state index in [9.17, 15) is 9.90 Å². The van der Waals surface area contributed by atoms with Gasteiger partial charge in [0.2, 0.25) is 0 Å². The summed E-state index contributed by atoms with van der Waals surface area (Å²) in [5, 5.41) is 16.3. The van der Waals surface area contributed by atoms with Crippen LogP contribution < -0.4 is 10.6 Å². The maximum atomic E-state index is 11.7. The number of unbranched alkanes of at least 4 members (excludes halogenated alkanes) is 1. The summed E-state index contributed by atoms with van der Waals surface area (Å²) in [6, 6.07) is 6.45. The molecule has 0 aliphatic carbocycles. The van der Waals surface area contributed by atoms with Crippen molar-refractivity contribution in [2.75, 3.05) is 11.9 Å². The molecular formula is C18H28N2O2. The molecule has 0 radical (unpaired) electrons. The second kappa shape index (κ2) is 7.14. The van der Waals surface area contributed by atoms with Crippen LogP contribution in [0.5, 0.6) is 0 Å². The predicted octanol–water partition coefficient (Wildman–Crippen LogP) is 3.73. The average molecular weight is 304 g/mol. The Kier molecular flexibility index (Phi) is 5.46. The van der Waals surface area contributed by atoms with Crippen LogP contribution in [0.2, 0.25) is 0 Å². The number of anilines is 1. The molecule has 1 unspecified atom stereocenters. The molecule has 0 fully saturated rings. The molecule has 3 N–H and O–H groups in total. The summed E-state index contributed by atoms with van der Waals surface area (Å²) >= 11 is 0. The lowest BCUT2D eigenvalue weighted by Crippen LogP contribution is -2.50. The fourth-order valence-corrected chi connectivity index (χ4v) is 3.08. The zero-order chi connectivity index (χ0) is 16.2. The number of fused-ring (bicyclic) bond motifs is 1. The third-order valence-electron chi connectivity index (χ3n) is 4.61. The minimum atomic E-state index is -0.876. The molecule has 4 heteroatoms. The first-order valence-electron chi connectivity index (χ1n) is 8.34. The largest absolute Gasteiger partial charge is 0.480 e. The van der Waals surface area contributed by atoms with Crippen LogP contribution in [0.1, 0.15) is 63.6 Å². The number of hydrogen-bond donors (Lipinski definition) is 3. The van der Waals surface area contributed by atoms with Crippen molar-refractivity contribution < 1.29 is 9.90 Å². The highest BCUT2D eigenvalue weighted by molar-refractivity contribution is 5.78. The van der Waals surface area contributed by atoms with E-state index in [1.165, 1.54) is 17.7 Å². The Hall–Kier alpha value is -1.55. The van der Waals surface area contributed by atoms with Crippen LogP contribution in [0.25, 0.3) is 0 Å². The maximum Gasteiger partial charge on any atom is 0.323 e. The number of carboxylic acids is 1. The molecule has 1 aliphatic rings. The van der Waals surface area contributed by atoms with Crippen LogP contribution in [0, 0.1) is 0 Å². The number of nitrogens with one attached hydrogen (secondary N) is 2. The molecule has 4 nitrogen and oxygen atoms in total. The Morgan fingerprint density at radius 1 is 1.50 bits per heavy atom. The molecule has 1 aromatic carbocycles. The summed E-state index contributed by atoms with van der Waals surface area (Å²) in [5.74, 6) is -0.774. The predicted molar refractivity (Wildman–Crippen MR) is 90.4 cm³/mol. The van der Waals surface area contributed by atoms with Crippen molar-refractivity contribution >= 4 is 11.7 Å². The minimum Gasteiger partial charge on any atom is -0.480 e. The molecule has 2 atom stereocenters. The van der Waals surface area contributed by atoms with E-state index in [0.29, 0.717) is 6.42 Å². The highest BCUT2D eigenvalue weighted by atomic mass is 16.4. The van der Waals surface area contributed by atoms with Gasteiger partial charge in [0, 0.05) is 18.3 Å². The Morgan fingerprint density at radius 2 is 2.27 bits per heavy atom. The molecule has 0 saturated carbocycles. The summed E-state index contributed by atoms with van der Waals surface area (Å²) in [6.45, 7) is 6.93. The fourth-order valence-electron chi connectivity index (χ4n) is 3.08. The Bertz CT molecular complexity index is 530. The molecule has 0 aromatic heterocycles. The van der Waals surface area contributed by atoms with Gasteiger partial charge in [0.05, 0.1) is 0 Å². The van der Waals surface area contributed by atoms with Crippen molar-refractivity contribution in [1.29, 1.82) is 0 Å². The molecule has 2 rings (SSSR count). The number of carboxylic acid groups (broad SMARTS) is 1. The molecule has 22 heavy (non-hydrogen) atoms. The van der Waals surface area contributed by atoms with Gasteiger partial charge in [0.25, 0.3) is 0 Å². The highest BCUT2D eigenvalue weighted by Gasteiger charge is 2.33. The van der Waals surface area contributed by atoms with Gasteiger partial charge in [0.15, 0.2) is 0 Å². The summed E-state index contributed by atoms with van der Waals surface area (Å²) < 4.78 is 0. The van der Waals surface area contributed by atoms with Crippen LogP contribution in [-0.2, 0) is 11.2 Å². The third kappa shape index (κ3) is 3.80. The van der Waals surface area contributed by atoms with Crippen LogP contribution in [-0.4, -0.2) is 23.2 Å². The van der Waals surface area contributed by atoms with E-state index in [-0.39, 0.29) is 6.04 Å². The molecule has 1 aromatic rings. The number of benzene rings is 1. The van der Waals surface area contributed by atoms with Gasteiger partial charge in [-0.25, -0.2) is 0 Å². The molecule has 122 valence electrons. The Morgan fingerprint density at radius 3 is 2.95 bits per heavy atom. The summed E-state index contributed by atoms with van der Waals surface area (Å²) in [6.07, 6.45) is 4.85. The van der Waals surface area contributed by atoms with Gasteiger partial charge in [0.1, 0.15) is 5.54 Å². The molecular weight excluding hydrogens is 276 g/mol. The molecule has 0 amide bonds. The lowest BCUT2D eigenvalue weighted by atomic mass is 9.92. The van der Waals surface area contributed by atoms with Gasteiger partial charge < -0.3 is 10.4 Å². The van der Waals surface area contributed by atoms with Crippen molar-refractivity contribution in [3.8, 4) is 0 Å². The van der Waals surface area contributed by atoms with Crippen molar-refractivity contribution in [2.24, 2.45) is 0 Å². The van der Waals surface area contributed by atoms with Gasteiger partial charge in [-0.3, -0.25) is 10.1 Å². The van der Waals surface area contributed by atoms with Crippen LogP contribution >= 0.6 is 0 Å². The van der Waals surface area contributed by atoms with Crippen molar-refractivity contribution in [3.63, 3.8) is 0 Å². The summed E-state index contributed by atoms with van der Waals surface area (Å²) in [7, 11) is 0. The van der Waals surface area contributed by atoms with Crippen molar-refractivity contribution in [2.45, 2.75) is 64.5 Å². The van der Waals surface area contributed by atoms with Gasteiger partial charge in [-0.1, -0.05) is 31.9 Å². The van der Waals surface area contributed by atoms with E-state index in [1.54, 1.807) is 6.92 Å². The van der Waals surface area contributed by atoms with Gasteiger partial charge >= 0.3 is 5.97 Å². The fraction of sp³-hybridized carbons (Fsp3) is 0.611. The zero-order valence-electron chi connectivity index (χ0n) is 13.9. The average Bonchev–Trinajstić information content (AvgIpc) is 2.52. The van der Waals surface area contributed by atoms with Gasteiger partial charge in [-0.15, -0.1) is 0 Å². The molecule has 1 heterocycles. The van der Waals surface area contributed by atoms with Crippen LogP contribution in [0.15, 0.2) is 18.2 Å². The van der Waals surface area contributed by atoms with E-state index >= 15 is 0 Å². The molecule has 1 aliphatic heterocycles. The first-order chi connectivity index (χ1) is 10.5. The topological polar surface area (TPSA) is 61.4 Å². The molecule has 0 saturated heterocycles. The third-order valence-corrected chi connectivity index (χ3v) is 4.61. The van der Waals surface area contributed by atoms with Gasteiger partial charge in [-0.2, -0.15) is 0 Å².